The molecule has 0 aliphatic heterocycles. The molecule has 3 rings (SSSR count). The molecule has 2 fully saturated rings. The van der Waals surface area contributed by atoms with Crippen LogP contribution in [0, 0.1) is 29.1 Å². The van der Waals surface area contributed by atoms with Gasteiger partial charge in [0.05, 0.1) is 11.6 Å². The lowest BCUT2D eigenvalue weighted by Gasteiger charge is -2.37. The monoisotopic (exact) mass is 293 g/mol. The van der Waals surface area contributed by atoms with Crippen molar-refractivity contribution in [3.8, 4) is 6.07 Å². The number of benzene rings is 1. The van der Waals surface area contributed by atoms with Crippen LogP contribution in [0.1, 0.15) is 68.4 Å². The van der Waals surface area contributed by atoms with E-state index in [9.17, 15) is 0 Å². The first-order valence-corrected chi connectivity index (χ1v) is 8.92. The van der Waals surface area contributed by atoms with Gasteiger partial charge in [-0.2, -0.15) is 5.26 Å². The first kappa shape index (κ1) is 15.3. The molecule has 1 heteroatoms. The van der Waals surface area contributed by atoms with Crippen LogP contribution in [0.15, 0.2) is 36.9 Å². The molecule has 2 aliphatic rings. The molecule has 0 atom stereocenters. The molecule has 2 saturated carbocycles. The highest BCUT2D eigenvalue weighted by Crippen LogP contribution is 2.43. The molecule has 0 saturated heterocycles. The van der Waals surface area contributed by atoms with E-state index in [4.69, 9.17) is 5.26 Å². The zero-order valence-electron chi connectivity index (χ0n) is 13.5. The van der Waals surface area contributed by atoms with Gasteiger partial charge in [0.15, 0.2) is 0 Å². The summed E-state index contributed by atoms with van der Waals surface area (Å²) in [5, 5.41) is 8.90. The summed E-state index contributed by atoms with van der Waals surface area (Å²) in [6.07, 6.45) is 13.2. The number of nitriles is 1. The second kappa shape index (κ2) is 7.14. The van der Waals surface area contributed by atoms with Gasteiger partial charge in [0.1, 0.15) is 0 Å². The number of rotatable bonds is 3. The first-order valence-electron chi connectivity index (χ1n) is 8.92. The smallest absolute Gasteiger partial charge is 0.0991 e. The highest BCUT2D eigenvalue weighted by atomic mass is 14.4. The van der Waals surface area contributed by atoms with Crippen LogP contribution < -0.4 is 0 Å². The molecular formula is C21H27N. The standard InChI is InChI=1S/C21H27N/c1-2-16-3-7-18(8-4-16)20-11-13-21(14-12-20)19-9-5-17(15-22)6-10-19/h2,5-6,9-10,16,18,20-21H,1,3-4,7-8,11-14H2/t16?,18?,20-,21-. The van der Waals surface area contributed by atoms with Gasteiger partial charge in [-0.25, -0.2) is 0 Å². The molecule has 116 valence electrons. The third kappa shape index (κ3) is 3.43. The maximum Gasteiger partial charge on any atom is 0.0991 e. The minimum absolute atomic E-state index is 0.716. The van der Waals surface area contributed by atoms with Gasteiger partial charge < -0.3 is 0 Å². The van der Waals surface area contributed by atoms with Crippen LogP contribution in [0.2, 0.25) is 0 Å². The second-order valence-electron chi connectivity index (χ2n) is 7.26. The van der Waals surface area contributed by atoms with Gasteiger partial charge in [0.2, 0.25) is 0 Å². The maximum atomic E-state index is 8.90. The van der Waals surface area contributed by atoms with E-state index in [-0.39, 0.29) is 0 Å². The maximum absolute atomic E-state index is 8.90. The SMILES string of the molecule is C=CC1CCC([C@H]2CC[C@H](c3ccc(C#N)cc3)CC2)CC1. The lowest BCUT2D eigenvalue weighted by Crippen LogP contribution is -2.25. The number of allylic oxidation sites excluding steroid dienone is 1. The topological polar surface area (TPSA) is 23.8 Å². The Kier molecular flexibility index (Phi) is 4.98. The summed E-state index contributed by atoms with van der Waals surface area (Å²) in [4.78, 5) is 0. The molecule has 1 aromatic rings. The highest BCUT2D eigenvalue weighted by molar-refractivity contribution is 5.33. The van der Waals surface area contributed by atoms with Gasteiger partial charge in [-0.15, -0.1) is 6.58 Å². The quantitative estimate of drug-likeness (QED) is 0.644. The Morgan fingerprint density at radius 3 is 1.91 bits per heavy atom. The third-order valence-electron chi connectivity index (χ3n) is 6.10. The van der Waals surface area contributed by atoms with Gasteiger partial charge in [-0.3, -0.25) is 0 Å². The van der Waals surface area contributed by atoms with Crippen molar-refractivity contribution in [2.75, 3.05) is 0 Å². The van der Waals surface area contributed by atoms with E-state index in [1.807, 2.05) is 12.1 Å². The molecule has 0 amide bonds. The number of hydrogen-bond acceptors (Lipinski definition) is 1. The molecule has 1 nitrogen and oxygen atoms in total. The summed E-state index contributed by atoms with van der Waals surface area (Å²) in [6.45, 7) is 3.96. The largest absolute Gasteiger partial charge is 0.192 e. The number of nitrogens with zero attached hydrogens (tertiary/aromatic N) is 1. The van der Waals surface area contributed by atoms with Crippen molar-refractivity contribution >= 4 is 0 Å². The Labute approximate surface area is 135 Å². The van der Waals surface area contributed by atoms with Crippen LogP contribution in [0.3, 0.4) is 0 Å². The van der Waals surface area contributed by atoms with Gasteiger partial charge in [0.25, 0.3) is 0 Å². The van der Waals surface area contributed by atoms with E-state index < -0.39 is 0 Å². The average Bonchev–Trinajstić information content (AvgIpc) is 2.62. The molecular weight excluding hydrogens is 266 g/mol. The fourth-order valence-corrected chi connectivity index (χ4v) is 4.61. The molecule has 2 aliphatic carbocycles. The molecule has 0 heterocycles. The van der Waals surface area contributed by atoms with E-state index >= 15 is 0 Å². The predicted octanol–water partition coefficient (Wildman–Crippen LogP) is 5.82. The Morgan fingerprint density at radius 1 is 0.864 bits per heavy atom. The molecule has 0 unspecified atom stereocenters. The zero-order valence-corrected chi connectivity index (χ0v) is 13.5. The van der Waals surface area contributed by atoms with Gasteiger partial charge in [0, 0.05) is 0 Å². The van der Waals surface area contributed by atoms with Crippen molar-refractivity contribution in [1.82, 2.24) is 0 Å². The molecule has 1 aromatic carbocycles. The average molecular weight is 293 g/mol. The van der Waals surface area contributed by atoms with Crippen LogP contribution in [0.5, 0.6) is 0 Å². The summed E-state index contributed by atoms with van der Waals surface area (Å²) in [7, 11) is 0. The van der Waals surface area contributed by atoms with Gasteiger partial charge in [-0.05, 0) is 92.7 Å². The van der Waals surface area contributed by atoms with Crippen LogP contribution in [-0.2, 0) is 0 Å². The van der Waals surface area contributed by atoms with Crippen molar-refractivity contribution in [2.24, 2.45) is 17.8 Å². The fourth-order valence-electron chi connectivity index (χ4n) is 4.61. The fraction of sp³-hybridized carbons (Fsp3) is 0.571. The minimum Gasteiger partial charge on any atom is -0.192 e. The van der Waals surface area contributed by atoms with Crippen molar-refractivity contribution in [3.63, 3.8) is 0 Å². The van der Waals surface area contributed by atoms with Crippen molar-refractivity contribution in [2.45, 2.75) is 57.3 Å². The summed E-state index contributed by atoms with van der Waals surface area (Å²) in [5.74, 6) is 3.43. The Balaban J connectivity index is 1.52. The molecule has 22 heavy (non-hydrogen) atoms. The van der Waals surface area contributed by atoms with Crippen molar-refractivity contribution < 1.29 is 0 Å². The van der Waals surface area contributed by atoms with E-state index in [0.29, 0.717) is 5.92 Å². The summed E-state index contributed by atoms with van der Waals surface area (Å²) in [5.41, 5.74) is 2.21. The predicted molar refractivity (Wildman–Crippen MR) is 91.5 cm³/mol. The highest BCUT2D eigenvalue weighted by Gasteiger charge is 2.30. The molecule has 0 bridgehead atoms. The van der Waals surface area contributed by atoms with Crippen molar-refractivity contribution in [1.29, 1.82) is 5.26 Å². The summed E-state index contributed by atoms with van der Waals surface area (Å²) >= 11 is 0. The Bertz CT molecular complexity index is 520. The summed E-state index contributed by atoms with van der Waals surface area (Å²) < 4.78 is 0. The molecule has 0 radical (unpaired) electrons. The van der Waals surface area contributed by atoms with Crippen LogP contribution in [0.4, 0.5) is 0 Å². The van der Waals surface area contributed by atoms with E-state index in [1.54, 1.807) is 0 Å². The molecule has 0 aromatic heterocycles. The number of hydrogen-bond donors (Lipinski definition) is 0. The van der Waals surface area contributed by atoms with Crippen LogP contribution in [-0.4, -0.2) is 0 Å². The Morgan fingerprint density at radius 2 is 1.41 bits per heavy atom. The Hall–Kier alpha value is -1.55. The first-order chi connectivity index (χ1) is 10.8. The van der Waals surface area contributed by atoms with E-state index in [0.717, 1.165) is 23.3 Å². The van der Waals surface area contributed by atoms with Gasteiger partial charge >= 0.3 is 0 Å². The normalized spacial score (nSPS) is 32.1. The van der Waals surface area contributed by atoms with E-state index in [1.165, 1.54) is 56.9 Å². The van der Waals surface area contributed by atoms with Crippen LogP contribution >= 0.6 is 0 Å². The van der Waals surface area contributed by atoms with Crippen molar-refractivity contribution in [3.05, 3.63) is 48.0 Å². The summed E-state index contributed by atoms with van der Waals surface area (Å²) in [6, 6.07) is 10.5. The second-order valence-corrected chi connectivity index (χ2v) is 7.26. The minimum atomic E-state index is 0.716. The van der Waals surface area contributed by atoms with E-state index in [2.05, 4.69) is 30.9 Å². The van der Waals surface area contributed by atoms with Gasteiger partial charge in [-0.1, -0.05) is 18.2 Å². The third-order valence-corrected chi connectivity index (χ3v) is 6.10. The van der Waals surface area contributed by atoms with Crippen LogP contribution in [0.25, 0.3) is 0 Å². The molecule has 0 N–H and O–H groups in total. The lowest BCUT2D eigenvalue weighted by molar-refractivity contribution is 0.171. The molecule has 0 spiro atoms. The zero-order chi connectivity index (χ0) is 15.4. The lowest BCUT2D eigenvalue weighted by atomic mass is 9.68.